The van der Waals surface area contributed by atoms with E-state index in [-0.39, 0.29) is 12.5 Å². The van der Waals surface area contributed by atoms with Crippen LogP contribution in [0.25, 0.3) is 0 Å². The summed E-state index contributed by atoms with van der Waals surface area (Å²) in [5.74, 6) is -0.143. The van der Waals surface area contributed by atoms with Gasteiger partial charge in [0.25, 0.3) is 5.91 Å². The summed E-state index contributed by atoms with van der Waals surface area (Å²) in [6.07, 6.45) is 3.72. The Morgan fingerprint density at radius 1 is 1.14 bits per heavy atom. The Morgan fingerprint density at radius 3 is 2.24 bits per heavy atom. The second kappa shape index (κ2) is 6.78. The summed E-state index contributed by atoms with van der Waals surface area (Å²) in [6.45, 7) is 0.220. The van der Waals surface area contributed by atoms with Crippen LogP contribution in [-0.2, 0) is 11.3 Å². The number of amides is 1. The van der Waals surface area contributed by atoms with Gasteiger partial charge in [-0.3, -0.25) is 4.79 Å². The predicted molar refractivity (Wildman–Crippen MR) is 86.1 cm³/mol. The molecule has 0 bridgehead atoms. The lowest BCUT2D eigenvalue weighted by atomic mass is 10.3. The van der Waals surface area contributed by atoms with Gasteiger partial charge in [0.15, 0.2) is 12.4 Å². The molecule has 2 aromatic rings. The van der Waals surface area contributed by atoms with Gasteiger partial charge in [-0.15, -0.1) is 0 Å². The molecular formula is C15H16Cl2N3O+. The Kier molecular flexibility index (Phi) is 5.04. The first kappa shape index (κ1) is 15.6. The van der Waals surface area contributed by atoms with Gasteiger partial charge in [0, 0.05) is 47.6 Å². The zero-order valence-corrected chi connectivity index (χ0v) is 13.3. The van der Waals surface area contributed by atoms with Crippen LogP contribution in [0.2, 0.25) is 10.0 Å². The molecule has 4 nitrogen and oxygen atoms in total. The lowest BCUT2D eigenvalue weighted by Gasteiger charge is -2.10. The third kappa shape index (κ3) is 4.62. The van der Waals surface area contributed by atoms with Crippen LogP contribution >= 0.6 is 23.2 Å². The highest BCUT2D eigenvalue weighted by Gasteiger charge is 2.10. The molecule has 1 heterocycles. The number of carbonyl (C=O) groups is 1. The third-order valence-electron chi connectivity index (χ3n) is 2.86. The van der Waals surface area contributed by atoms with Crippen LogP contribution in [0.15, 0.2) is 42.7 Å². The van der Waals surface area contributed by atoms with E-state index in [9.17, 15) is 4.79 Å². The molecule has 0 spiro atoms. The van der Waals surface area contributed by atoms with Crippen LogP contribution in [0.4, 0.5) is 11.4 Å². The standard InChI is InChI=1S/C15H15Cl2N3O/c1-19(2)14-3-5-20(6-4-14)10-15(21)18-13-8-11(16)7-12(17)9-13/h3-9H,10H2,1-2H3/p+1. The Bertz CT molecular complexity index is 622. The number of nitrogens with one attached hydrogen (secondary N) is 1. The molecule has 6 heteroatoms. The van der Waals surface area contributed by atoms with Gasteiger partial charge in [-0.1, -0.05) is 23.2 Å². The van der Waals surface area contributed by atoms with Gasteiger partial charge in [-0.2, -0.15) is 4.57 Å². The van der Waals surface area contributed by atoms with Crippen molar-refractivity contribution in [3.05, 3.63) is 52.8 Å². The van der Waals surface area contributed by atoms with Gasteiger partial charge >= 0.3 is 0 Å². The minimum absolute atomic E-state index is 0.143. The first-order chi connectivity index (χ1) is 9.94. The van der Waals surface area contributed by atoms with Gasteiger partial charge in [-0.25, -0.2) is 0 Å². The number of halogens is 2. The van der Waals surface area contributed by atoms with Gasteiger partial charge in [0.2, 0.25) is 6.54 Å². The van der Waals surface area contributed by atoms with Crippen molar-refractivity contribution < 1.29 is 9.36 Å². The molecule has 0 atom stereocenters. The number of aromatic nitrogens is 1. The van der Waals surface area contributed by atoms with Crippen LogP contribution in [-0.4, -0.2) is 20.0 Å². The van der Waals surface area contributed by atoms with Crippen molar-refractivity contribution in [2.75, 3.05) is 24.3 Å². The average Bonchev–Trinajstić information content (AvgIpc) is 2.37. The van der Waals surface area contributed by atoms with Crippen LogP contribution in [0, 0.1) is 0 Å². The van der Waals surface area contributed by atoms with E-state index >= 15 is 0 Å². The lowest BCUT2D eigenvalue weighted by Crippen LogP contribution is -2.39. The monoisotopic (exact) mass is 324 g/mol. The molecule has 0 saturated carbocycles. The molecule has 0 fully saturated rings. The second-order valence-electron chi connectivity index (χ2n) is 4.83. The number of carbonyl (C=O) groups excluding carboxylic acids is 1. The Balaban J connectivity index is 2.01. The van der Waals surface area contributed by atoms with Gasteiger partial charge in [0.1, 0.15) is 0 Å². The Morgan fingerprint density at radius 2 is 1.71 bits per heavy atom. The number of benzene rings is 1. The third-order valence-corrected chi connectivity index (χ3v) is 3.30. The number of rotatable bonds is 4. The van der Waals surface area contributed by atoms with Crippen molar-refractivity contribution in [3.8, 4) is 0 Å². The largest absolute Gasteiger partial charge is 0.377 e. The highest BCUT2D eigenvalue weighted by molar-refractivity contribution is 6.35. The zero-order valence-electron chi connectivity index (χ0n) is 11.8. The topological polar surface area (TPSA) is 36.2 Å². The second-order valence-corrected chi connectivity index (χ2v) is 5.70. The van der Waals surface area contributed by atoms with Gasteiger partial charge in [-0.05, 0) is 18.2 Å². The molecule has 21 heavy (non-hydrogen) atoms. The molecule has 0 aliphatic rings. The Labute approximate surface area is 133 Å². The van der Waals surface area contributed by atoms with E-state index in [0.717, 1.165) is 5.69 Å². The predicted octanol–water partition coefficient (Wildman–Crippen LogP) is 2.99. The van der Waals surface area contributed by atoms with Crippen LogP contribution in [0.3, 0.4) is 0 Å². The van der Waals surface area contributed by atoms with Crippen molar-refractivity contribution >= 4 is 40.5 Å². The minimum atomic E-state index is -0.143. The summed E-state index contributed by atoms with van der Waals surface area (Å²) >= 11 is 11.8. The fraction of sp³-hybridized carbons (Fsp3) is 0.200. The van der Waals surface area contributed by atoms with Crippen LogP contribution in [0.1, 0.15) is 0 Å². The van der Waals surface area contributed by atoms with E-state index in [1.54, 1.807) is 22.8 Å². The van der Waals surface area contributed by atoms with Crippen LogP contribution in [0.5, 0.6) is 0 Å². The SMILES string of the molecule is CN(C)c1cc[n+](CC(=O)Nc2cc(Cl)cc(Cl)c2)cc1. The molecule has 1 amide bonds. The fourth-order valence-corrected chi connectivity index (χ4v) is 2.37. The molecule has 1 aromatic heterocycles. The van der Waals surface area contributed by atoms with Gasteiger partial charge in [0.05, 0.1) is 0 Å². The number of pyridine rings is 1. The fourth-order valence-electron chi connectivity index (χ4n) is 1.85. The first-order valence-electron chi connectivity index (χ1n) is 6.36. The molecule has 0 saturated heterocycles. The molecule has 110 valence electrons. The van der Waals surface area contributed by atoms with Crippen molar-refractivity contribution in [2.24, 2.45) is 0 Å². The summed E-state index contributed by atoms with van der Waals surface area (Å²) in [4.78, 5) is 14.0. The van der Waals surface area contributed by atoms with Crippen molar-refractivity contribution in [1.82, 2.24) is 0 Å². The smallest absolute Gasteiger partial charge is 0.290 e. The minimum Gasteiger partial charge on any atom is -0.377 e. The van der Waals surface area contributed by atoms with E-state index in [2.05, 4.69) is 5.32 Å². The maximum Gasteiger partial charge on any atom is 0.290 e. The summed E-state index contributed by atoms with van der Waals surface area (Å²) in [6, 6.07) is 8.83. The first-order valence-corrected chi connectivity index (χ1v) is 7.12. The molecule has 1 aromatic carbocycles. The van der Waals surface area contributed by atoms with E-state index in [0.29, 0.717) is 15.7 Å². The molecule has 0 aliphatic heterocycles. The molecule has 0 unspecified atom stereocenters. The number of hydrogen-bond donors (Lipinski definition) is 1. The number of hydrogen-bond acceptors (Lipinski definition) is 2. The quantitative estimate of drug-likeness (QED) is 0.878. The highest BCUT2D eigenvalue weighted by atomic mass is 35.5. The highest BCUT2D eigenvalue weighted by Crippen LogP contribution is 2.22. The summed E-state index contributed by atoms with van der Waals surface area (Å²) in [7, 11) is 3.94. The normalized spacial score (nSPS) is 10.3. The van der Waals surface area contributed by atoms with E-state index in [1.165, 1.54) is 0 Å². The Hall–Kier alpha value is -1.78. The lowest BCUT2D eigenvalue weighted by molar-refractivity contribution is -0.684. The molecule has 0 radical (unpaired) electrons. The van der Waals surface area contributed by atoms with E-state index in [1.807, 2.05) is 43.5 Å². The number of anilines is 2. The number of nitrogens with zero attached hydrogens (tertiary/aromatic N) is 2. The van der Waals surface area contributed by atoms with Crippen molar-refractivity contribution in [2.45, 2.75) is 6.54 Å². The van der Waals surface area contributed by atoms with E-state index in [4.69, 9.17) is 23.2 Å². The van der Waals surface area contributed by atoms with Crippen molar-refractivity contribution in [3.63, 3.8) is 0 Å². The summed E-state index contributed by atoms with van der Waals surface area (Å²) in [5.41, 5.74) is 1.66. The maximum absolute atomic E-state index is 12.0. The van der Waals surface area contributed by atoms with Gasteiger partial charge < -0.3 is 10.2 Å². The summed E-state index contributed by atoms with van der Waals surface area (Å²) < 4.78 is 1.80. The van der Waals surface area contributed by atoms with Crippen LogP contribution < -0.4 is 14.8 Å². The molecule has 1 N–H and O–H groups in total. The van der Waals surface area contributed by atoms with E-state index < -0.39 is 0 Å². The van der Waals surface area contributed by atoms with Crippen molar-refractivity contribution in [1.29, 1.82) is 0 Å². The molecular weight excluding hydrogens is 309 g/mol. The molecule has 0 aliphatic carbocycles. The summed E-state index contributed by atoms with van der Waals surface area (Å²) in [5, 5.41) is 3.74. The average molecular weight is 325 g/mol. The zero-order chi connectivity index (χ0) is 15.4. The maximum atomic E-state index is 12.0. The molecule has 2 rings (SSSR count).